The highest BCUT2D eigenvalue weighted by Crippen LogP contribution is 2.36. The van der Waals surface area contributed by atoms with Gasteiger partial charge >= 0.3 is 0 Å². The average molecular weight is 430 g/mol. The molecule has 0 unspecified atom stereocenters. The fraction of sp³-hybridized carbons (Fsp3) is 0.421. The Morgan fingerprint density at radius 2 is 2.10 bits per heavy atom. The molecular formula is C19H23N7OS2. The molecule has 0 bridgehead atoms. The molecule has 10 heteroatoms. The van der Waals surface area contributed by atoms with Crippen molar-refractivity contribution in [1.29, 1.82) is 5.26 Å². The van der Waals surface area contributed by atoms with Gasteiger partial charge in [0.2, 0.25) is 0 Å². The van der Waals surface area contributed by atoms with E-state index in [9.17, 15) is 5.11 Å². The Morgan fingerprint density at radius 3 is 2.79 bits per heavy atom. The molecule has 3 rings (SSSR count). The van der Waals surface area contributed by atoms with E-state index in [1.807, 2.05) is 6.92 Å². The molecule has 0 fully saturated rings. The largest absolute Gasteiger partial charge is 0.394 e. The minimum absolute atomic E-state index is 0.00170. The highest BCUT2D eigenvalue weighted by molar-refractivity contribution is 7.99. The first-order valence-corrected chi connectivity index (χ1v) is 10.9. The van der Waals surface area contributed by atoms with E-state index >= 15 is 0 Å². The number of rotatable bonds is 8. The van der Waals surface area contributed by atoms with Gasteiger partial charge in [-0.25, -0.2) is 15.0 Å². The molecular weight excluding hydrogens is 406 g/mol. The van der Waals surface area contributed by atoms with Crippen LogP contribution in [0, 0.1) is 17.2 Å². The summed E-state index contributed by atoms with van der Waals surface area (Å²) < 4.78 is 0.770. The quantitative estimate of drug-likeness (QED) is 0.362. The maximum absolute atomic E-state index is 9.74. The maximum atomic E-state index is 9.74. The van der Waals surface area contributed by atoms with Crippen LogP contribution in [-0.2, 0) is 0 Å². The maximum Gasteiger partial charge on any atom is 0.192 e. The van der Waals surface area contributed by atoms with Crippen molar-refractivity contribution in [1.82, 2.24) is 19.9 Å². The number of nitrogens with one attached hydrogen (secondary N) is 1. The summed E-state index contributed by atoms with van der Waals surface area (Å²) in [6.45, 7) is 6.20. The topological polar surface area (TPSA) is 134 Å². The fourth-order valence-electron chi connectivity index (χ4n) is 2.87. The third kappa shape index (κ3) is 5.32. The van der Waals surface area contributed by atoms with Crippen LogP contribution >= 0.6 is 23.1 Å². The number of pyridine rings is 1. The lowest BCUT2D eigenvalue weighted by molar-refractivity contribution is 0.259. The van der Waals surface area contributed by atoms with Gasteiger partial charge in [-0.1, -0.05) is 36.9 Å². The number of aliphatic hydroxyl groups is 1. The smallest absolute Gasteiger partial charge is 0.192 e. The van der Waals surface area contributed by atoms with Crippen LogP contribution in [0.3, 0.4) is 0 Å². The lowest BCUT2D eigenvalue weighted by atomic mass is 10.0. The Bertz CT molecular complexity index is 1030. The zero-order chi connectivity index (χ0) is 21.0. The third-order valence-corrected chi connectivity index (χ3v) is 6.04. The molecule has 2 atom stereocenters. The summed E-state index contributed by atoms with van der Waals surface area (Å²) in [6, 6.07) is 5.44. The predicted octanol–water partition coefficient (Wildman–Crippen LogP) is 3.61. The summed E-state index contributed by atoms with van der Waals surface area (Å²) in [7, 11) is 0. The number of nitrogens with two attached hydrogens (primary N) is 1. The first-order chi connectivity index (χ1) is 13.9. The van der Waals surface area contributed by atoms with E-state index in [0.29, 0.717) is 33.2 Å². The van der Waals surface area contributed by atoms with Crippen molar-refractivity contribution < 1.29 is 5.11 Å². The number of nitrogens with zero attached hydrogens (tertiary/aromatic N) is 5. The monoisotopic (exact) mass is 429 g/mol. The van der Waals surface area contributed by atoms with E-state index in [1.165, 1.54) is 23.1 Å². The van der Waals surface area contributed by atoms with E-state index in [1.54, 1.807) is 18.3 Å². The van der Waals surface area contributed by atoms with E-state index in [2.05, 4.69) is 45.2 Å². The van der Waals surface area contributed by atoms with Crippen molar-refractivity contribution in [3.8, 4) is 6.07 Å². The Hall–Kier alpha value is -2.48. The molecule has 4 N–H and O–H groups in total. The number of thioether (sulfide) groups is 1. The molecule has 0 radical (unpaired) electrons. The molecule has 0 aliphatic heterocycles. The molecule has 0 spiro atoms. The van der Waals surface area contributed by atoms with Gasteiger partial charge in [-0.2, -0.15) is 5.26 Å². The molecule has 0 aromatic carbocycles. The van der Waals surface area contributed by atoms with Crippen LogP contribution in [0.15, 0.2) is 23.5 Å². The van der Waals surface area contributed by atoms with Crippen molar-refractivity contribution in [3.05, 3.63) is 29.6 Å². The molecule has 3 aromatic rings. The van der Waals surface area contributed by atoms with Crippen molar-refractivity contribution in [2.75, 3.05) is 17.7 Å². The third-order valence-electron chi connectivity index (χ3n) is 4.18. The molecule has 0 saturated heterocycles. The van der Waals surface area contributed by atoms with Crippen LogP contribution in [0.4, 0.5) is 10.9 Å². The second-order valence-corrected chi connectivity index (χ2v) is 9.39. The van der Waals surface area contributed by atoms with Gasteiger partial charge in [0.15, 0.2) is 21.8 Å². The Labute approximate surface area is 177 Å². The summed E-state index contributed by atoms with van der Waals surface area (Å²) in [5, 5.41) is 23.1. The lowest BCUT2D eigenvalue weighted by Crippen LogP contribution is -2.26. The number of aliphatic hydroxyl groups excluding tert-OH is 1. The molecule has 3 heterocycles. The van der Waals surface area contributed by atoms with Gasteiger partial charge in [0.1, 0.15) is 4.70 Å². The number of fused-ring (bicyclic) bond motifs is 1. The van der Waals surface area contributed by atoms with Gasteiger partial charge in [0.05, 0.1) is 35.2 Å². The second-order valence-electron chi connectivity index (χ2n) is 7.05. The Kier molecular flexibility index (Phi) is 6.84. The number of hydrogen-bond donors (Lipinski definition) is 3. The SMILES string of the molecule is CC(C)C[C@H](CO)Nc1nc(S[C@@H](C)c2cc(C#N)ccn2)nc2nc(N)sc12. The zero-order valence-corrected chi connectivity index (χ0v) is 18.1. The average Bonchev–Trinajstić information content (AvgIpc) is 3.07. The van der Waals surface area contributed by atoms with E-state index < -0.39 is 0 Å². The van der Waals surface area contributed by atoms with Gasteiger partial charge in [0.25, 0.3) is 0 Å². The van der Waals surface area contributed by atoms with Crippen molar-refractivity contribution in [2.45, 2.75) is 43.6 Å². The number of thiazole rings is 1. The summed E-state index contributed by atoms with van der Waals surface area (Å²) in [5.74, 6) is 1.05. The van der Waals surface area contributed by atoms with Crippen LogP contribution in [0.25, 0.3) is 10.3 Å². The van der Waals surface area contributed by atoms with Crippen molar-refractivity contribution in [3.63, 3.8) is 0 Å². The first-order valence-electron chi connectivity index (χ1n) is 9.23. The normalized spacial score (nSPS) is 13.4. The predicted molar refractivity (Wildman–Crippen MR) is 117 cm³/mol. The van der Waals surface area contributed by atoms with Crippen LogP contribution in [0.2, 0.25) is 0 Å². The van der Waals surface area contributed by atoms with E-state index in [4.69, 9.17) is 11.0 Å². The molecule has 0 aliphatic rings. The van der Waals surface area contributed by atoms with Gasteiger partial charge < -0.3 is 16.2 Å². The van der Waals surface area contributed by atoms with Gasteiger partial charge in [-0.15, -0.1) is 0 Å². The first kappa shape index (κ1) is 21.2. The molecule has 0 saturated carbocycles. The van der Waals surface area contributed by atoms with Crippen LogP contribution < -0.4 is 11.1 Å². The summed E-state index contributed by atoms with van der Waals surface area (Å²) in [6.07, 6.45) is 2.43. The molecule has 0 aliphatic carbocycles. The number of nitrogen functional groups attached to an aromatic ring is 1. The molecule has 0 amide bonds. The van der Waals surface area contributed by atoms with Crippen molar-refractivity contribution in [2.24, 2.45) is 5.92 Å². The molecule has 3 aromatic heterocycles. The van der Waals surface area contributed by atoms with Gasteiger partial charge in [-0.05, 0) is 31.4 Å². The van der Waals surface area contributed by atoms with Gasteiger partial charge in [0, 0.05) is 6.20 Å². The van der Waals surface area contributed by atoms with E-state index in [-0.39, 0.29) is 17.9 Å². The Morgan fingerprint density at radius 1 is 1.31 bits per heavy atom. The highest BCUT2D eigenvalue weighted by Gasteiger charge is 2.19. The molecule has 152 valence electrons. The lowest BCUT2D eigenvalue weighted by Gasteiger charge is -2.19. The van der Waals surface area contributed by atoms with Crippen LogP contribution in [-0.4, -0.2) is 37.7 Å². The second kappa shape index (κ2) is 9.35. The number of nitriles is 1. The van der Waals surface area contributed by atoms with Crippen LogP contribution in [0.5, 0.6) is 0 Å². The highest BCUT2D eigenvalue weighted by atomic mass is 32.2. The van der Waals surface area contributed by atoms with Gasteiger partial charge in [-0.3, -0.25) is 4.98 Å². The Balaban J connectivity index is 1.91. The number of aromatic nitrogens is 4. The summed E-state index contributed by atoms with van der Waals surface area (Å²) >= 11 is 2.75. The minimum Gasteiger partial charge on any atom is -0.394 e. The fourth-order valence-corrected chi connectivity index (χ4v) is 4.45. The summed E-state index contributed by atoms with van der Waals surface area (Å²) in [5.41, 5.74) is 7.76. The zero-order valence-electron chi connectivity index (χ0n) is 16.5. The summed E-state index contributed by atoms with van der Waals surface area (Å²) in [4.78, 5) is 17.9. The minimum atomic E-state index is -0.124. The van der Waals surface area contributed by atoms with Crippen LogP contribution in [0.1, 0.15) is 43.7 Å². The van der Waals surface area contributed by atoms with E-state index in [0.717, 1.165) is 16.8 Å². The molecule has 29 heavy (non-hydrogen) atoms. The number of anilines is 2. The number of hydrogen-bond acceptors (Lipinski definition) is 10. The van der Waals surface area contributed by atoms with Crippen molar-refractivity contribution >= 4 is 44.4 Å². The standard InChI is InChI=1S/C19H23N7OS2/c1-10(2)6-13(9-27)23-16-15-17(24-18(21)29-15)26-19(25-16)28-11(3)14-7-12(8-20)4-5-22-14/h4-5,7,10-11,13,27H,6,9H2,1-3H3,(H3,21,23,24,25,26)/t11-,13+/m0/s1. The molecule has 8 nitrogen and oxygen atoms in total.